The van der Waals surface area contributed by atoms with Crippen molar-refractivity contribution in [3.05, 3.63) is 39.9 Å². The molecular formula is C20H25N3O2. The Morgan fingerprint density at radius 1 is 1.20 bits per heavy atom. The van der Waals surface area contributed by atoms with E-state index in [1.807, 2.05) is 0 Å². The average molecular weight is 339 g/mol. The third-order valence-corrected chi connectivity index (χ3v) is 5.68. The van der Waals surface area contributed by atoms with Crippen molar-refractivity contribution in [2.24, 2.45) is 5.92 Å². The SMILES string of the molecule is CC1CCC(NC(=O)c2ccc3c(=O)n4c(nc3c2)CCCC4)CC1. The average Bonchev–Trinajstić information content (AvgIpc) is 2.63. The molecule has 1 fully saturated rings. The number of amides is 1. The van der Waals surface area contributed by atoms with Gasteiger partial charge in [-0.05, 0) is 62.6 Å². The summed E-state index contributed by atoms with van der Waals surface area (Å²) in [6, 6.07) is 5.54. The van der Waals surface area contributed by atoms with Gasteiger partial charge in [-0.3, -0.25) is 14.2 Å². The lowest BCUT2D eigenvalue weighted by Crippen LogP contribution is -2.37. The number of carbonyl (C=O) groups is 1. The maximum Gasteiger partial charge on any atom is 0.261 e. The van der Waals surface area contributed by atoms with Gasteiger partial charge in [-0.2, -0.15) is 0 Å². The molecule has 0 bridgehead atoms. The molecule has 2 aliphatic rings. The Morgan fingerprint density at radius 3 is 2.80 bits per heavy atom. The highest BCUT2D eigenvalue weighted by Crippen LogP contribution is 2.24. The quantitative estimate of drug-likeness (QED) is 0.915. The molecule has 1 aromatic heterocycles. The van der Waals surface area contributed by atoms with E-state index >= 15 is 0 Å². The minimum Gasteiger partial charge on any atom is -0.349 e. The molecule has 1 amide bonds. The lowest BCUT2D eigenvalue weighted by atomic mass is 9.87. The zero-order valence-electron chi connectivity index (χ0n) is 14.8. The molecule has 0 spiro atoms. The summed E-state index contributed by atoms with van der Waals surface area (Å²) in [5, 5.41) is 3.75. The molecule has 0 radical (unpaired) electrons. The molecule has 132 valence electrons. The van der Waals surface area contributed by atoms with Gasteiger partial charge >= 0.3 is 0 Å². The summed E-state index contributed by atoms with van der Waals surface area (Å²) in [5.74, 6) is 1.56. The van der Waals surface area contributed by atoms with Crippen molar-refractivity contribution in [1.29, 1.82) is 0 Å². The van der Waals surface area contributed by atoms with E-state index in [9.17, 15) is 9.59 Å². The highest BCUT2D eigenvalue weighted by atomic mass is 16.1. The predicted octanol–water partition coefficient (Wildman–Crippen LogP) is 3.04. The van der Waals surface area contributed by atoms with Crippen molar-refractivity contribution in [3.8, 4) is 0 Å². The first-order valence-electron chi connectivity index (χ1n) is 9.46. The molecule has 5 heteroatoms. The van der Waals surface area contributed by atoms with E-state index in [1.54, 1.807) is 22.8 Å². The third kappa shape index (κ3) is 3.20. The minimum atomic E-state index is -0.0546. The second kappa shape index (κ2) is 6.62. The van der Waals surface area contributed by atoms with Crippen LogP contribution in [0.1, 0.15) is 61.6 Å². The van der Waals surface area contributed by atoms with Gasteiger partial charge in [0.05, 0.1) is 10.9 Å². The number of nitrogens with zero attached hydrogens (tertiary/aromatic N) is 2. The summed E-state index contributed by atoms with van der Waals surface area (Å²) in [4.78, 5) is 29.9. The monoisotopic (exact) mass is 339 g/mol. The normalized spacial score (nSPS) is 23.2. The van der Waals surface area contributed by atoms with Gasteiger partial charge in [0.2, 0.25) is 0 Å². The standard InChI is InChI=1S/C20H25N3O2/c1-13-5-8-15(9-6-13)21-19(24)14-7-10-16-17(12-14)22-18-4-2-3-11-23(18)20(16)25/h7,10,12-13,15H,2-6,8-9,11H2,1H3,(H,21,24). The van der Waals surface area contributed by atoms with Crippen LogP contribution >= 0.6 is 0 Å². The molecule has 4 rings (SSSR count). The zero-order valence-corrected chi connectivity index (χ0v) is 14.8. The molecule has 1 aliphatic carbocycles. The van der Waals surface area contributed by atoms with E-state index in [0.717, 1.165) is 50.4 Å². The lowest BCUT2D eigenvalue weighted by Gasteiger charge is -2.27. The smallest absolute Gasteiger partial charge is 0.261 e. The topological polar surface area (TPSA) is 64.0 Å². The van der Waals surface area contributed by atoms with Crippen LogP contribution in [0.4, 0.5) is 0 Å². The molecule has 5 nitrogen and oxygen atoms in total. The number of aryl methyl sites for hydroxylation is 1. The van der Waals surface area contributed by atoms with Crippen LogP contribution in [0.3, 0.4) is 0 Å². The number of hydrogen-bond donors (Lipinski definition) is 1. The van der Waals surface area contributed by atoms with Gasteiger partial charge in [-0.15, -0.1) is 0 Å². The Kier molecular flexibility index (Phi) is 4.32. The summed E-state index contributed by atoms with van der Waals surface area (Å²) >= 11 is 0. The fourth-order valence-electron chi connectivity index (χ4n) is 4.06. The predicted molar refractivity (Wildman–Crippen MR) is 97.8 cm³/mol. The summed E-state index contributed by atoms with van der Waals surface area (Å²) in [7, 11) is 0. The fourth-order valence-corrected chi connectivity index (χ4v) is 4.06. The number of fused-ring (bicyclic) bond motifs is 2. The van der Waals surface area contributed by atoms with Gasteiger partial charge < -0.3 is 5.32 Å². The summed E-state index contributed by atoms with van der Waals surface area (Å²) in [5.41, 5.74) is 1.26. The van der Waals surface area contributed by atoms with Crippen LogP contribution in [0.2, 0.25) is 0 Å². The fraction of sp³-hybridized carbons (Fsp3) is 0.550. The van der Waals surface area contributed by atoms with Crippen LogP contribution in [-0.2, 0) is 13.0 Å². The second-order valence-corrected chi connectivity index (χ2v) is 7.60. The van der Waals surface area contributed by atoms with Gasteiger partial charge in [0.25, 0.3) is 11.5 Å². The van der Waals surface area contributed by atoms with E-state index in [0.29, 0.717) is 16.5 Å². The molecule has 0 saturated heterocycles. The highest BCUT2D eigenvalue weighted by Gasteiger charge is 2.21. The molecule has 1 saturated carbocycles. The minimum absolute atomic E-state index is 0.0212. The number of carbonyl (C=O) groups excluding carboxylic acids is 1. The van der Waals surface area contributed by atoms with Crippen LogP contribution in [0.15, 0.2) is 23.0 Å². The summed E-state index contributed by atoms with van der Waals surface area (Å²) in [6.45, 7) is 3.02. The third-order valence-electron chi connectivity index (χ3n) is 5.68. The van der Waals surface area contributed by atoms with Crippen LogP contribution in [0, 0.1) is 5.92 Å². The molecule has 2 aromatic rings. The molecule has 0 atom stereocenters. The van der Waals surface area contributed by atoms with E-state index in [2.05, 4.69) is 17.2 Å². The van der Waals surface area contributed by atoms with Crippen molar-refractivity contribution in [3.63, 3.8) is 0 Å². The first kappa shape index (κ1) is 16.3. The van der Waals surface area contributed by atoms with Crippen molar-refractivity contribution in [2.75, 3.05) is 0 Å². The van der Waals surface area contributed by atoms with Crippen LogP contribution in [-0.4, -0.2) is 21.5 Å². The number of rotatable bonds is 2. The largest absolute Gasteiger partial charge is 0.349 e. The van der Waals surface area contributed by atoms with Crippen molar-refractivity contribution in [2.45, 2.75) is 64.5 Å². The number of nitrogens with one attached hydrogen (secondary N) is 1. The van der Waals surface area contributed by atoms with Crippen LogP contribution < -0.4 is 10.9 Å². The van der Waals surface area contributed by atoms with E-state index < -0.39 is 0 Å². The summed E-state index contributed by atoms with van der Waals surface area (Å²) < 4.78 is 1.79. The Morgan fingerprint density at radius 2 is 2.00 bits per heavy atom. The van der Waals surface area contributed by atoms with Gasteiger partial charge in [0.15, 0.2) is 0 Å². The van der Waals surface area contributed by atoms with E-state index in [1.165, 1.54) is 12.8 Å². The van der Waals surface area contributed by atoms with Crippen LogP contribution in [0.25, 0.3) is 10.9 Å². The first-order valence-corrected chi connectivity index (χ1v) is 9.46. The van der Waals surface area contributed by atoms with E-state index in [-0.39, 0.29) is 17.5 Å². The maximum absolute atomic E-state index is 12.6. The molecule has 0 unspecified atom stereocenters. The number of benzene rings is 1. The van der Waals surface area contributed by atoms with Crippen LogP contribution in [0.5, 0.6) is 0 Å². The van der Waals surface area contributed by atoms with Gasteiger partial charge in [0, 0.05) is 24.6 Å². The highest BCUT2D eigenvalue weighted by molar-refractivity contribution is 5.97. The molecule has 2 heterocycles. The van der Waals surface area contributed by atoms with Gasteiger partial charge in [-0.25, -0.2) is 4.98 Å². The van der Waals surface area contributed by atoms with Crippen molar-refractivity contribution < 1.29 is 4.79 Å². The van der Waals surface area contributed by atoms with Gasteiger partial charge in [-0.1, -0.05) is 6.92 Å². The molecule has 25 heavy (non-hydrogen) atoms. The molecular weight excluding hydrogens is 314 g/mol. The summed E-state index contributed by atoms with van der Waals surface area (Å²) in [6.07, 6.45) is 7.38. The molecule has 1 N–H and O–H groups in total. The Hall–Kier alpha value is -2.17. The molecule has 1 aromatic carbocycles. The van der Waals surface area contributed by atoms with Gasteiger partial charge in [0.1, 0.15) is 5.82 Å². The number of hydrogen-bond acceptors (Lipinski definition) is 3. The lowest BCUT2D eigenvalue weighted by molar-refractivity contribution is 0.0923. The van der Waals surface area contributed by atoms with Crippen molar-refractivity contribution in [1.82, 2.24) is 14.9 Å². The first-order chi connectivity index (χ1) is 12.1. The van der Waals surface area contributed by atoms with E-state index in [4.69, 9.17) is 0 Å². The number of aromatic nitrogens is 2. The Labute approximate surface area is 147 Å². The van der Waals surface area contributed by atoms with Crippen molar-refractivity contribution >= 4 is 16.8 Å². The Balaban J connectivity index is 1.60. The zero-order chi connectivity index (χ0) is 17.4. The molecule has 1 aliphatic heterocycles. The Bertz CT molecular complexity index is 863. The second-order valence-electron chi connectivity index (χ2n) is 7.60. The maximum atomic E-state index is 12.6.